The Kier molecular flexibility index (Phi) is 6.12. The highest BCUT2D eigenvalue weighted by Crippen LogP contribution is 2.57. The summed E-state index contributed by atoms with van der Waals surface area (Å²) in [6.45, 7) is 6.69. The molecular weight excluding hydrogens is 505 g/mol. The Morgan fingerprint density at radius 3 is 2.65 bits per heavy atom. The van der Waals surface area contributed by atoms with Gasteiger partial charge in [-0.05, 0) is 55.2 Å². The Morgan fingerprint density at radius 1 is 1.24 bits per heavy atom. The van der Waals surface area contributed by atoms with E-state index in [1.54, 1.807) is 18.0 Å². The second-order valence-corrected chi connectivity index (χ2v) is 12.0. The molecule has 2 atom stereocenters. The van der Waals surface area contributed by atoms with Crippen molar-refractivity contribution in [1.82, 2.24) is 19.4 Å². The number of carboxylic acids is 1. The zero-order valence-corrected chi connectivity index (χ0v) is 21.7. The first kappa shape index (κ1) is 25.7. The molecule has 0 bridgehead atoms. The van der Waals surface area contributed by atoms with Crippen LogP contribution in [0.1, 0.15) is 61.2 Å². The summed E-state index contributed by atoms with van der Waals surface area (Å²) in [6, 6.07) is 3.79. The van der Waals surface area contributed by atoms with Crippen LogP contribution in [0.25, 0.3) is 11.0 Å². The van der Waals surface area contributed by atoms with Crippen molar-refractivity contribution in [3.63, 3.8) is 0 Å². The van der Waals surface area contributed by atoms with Gasteiger partial charge < -0.3 is 14.6 Å². The summed E-state index contributed by atoms with van der Waals surface area (Å²) in [5.74, 6) is -0.905. The van der Waals surface area contributed by atoms with E-state index in [0.29, 0.717) is 54.2 Å². The number of fused-ring (bicyclic) bond motifs is 3. The van der Waals surface area contributed by atoms with Crippen LogP contribution in [-0.2, 0) is 35.3 Å². The van der Waals surface area contributed by atoms with E-state index < -0.39 is 28.0 Å². The van der Waals surface area contributed by atoms with Crippen molar-refractivity contribution in [1.29, 1.82) is 0 Å². The highest BCUT2D eigenvalue weighted by atomic mass is 32.1. The molecule has 1 amide bonds. The van der Waals surface area contributed by atoms with Gasteiger partial charge in [0.1, 0.15) is 5.65 Å². The highest BCUT2D eigenvalue weighted by Gasteiger charge is 2.56. The first-order chi connectivity index (χ1) is 17.3. The summed E-state index contributed by atoms with van der Waals surface area (Å²) in [5.41, 5.74) is 1.20. The molecular formula is C26H29F3N4O3S. The fourth-order valence-corrected chi connectivity index (χ4v) is 6.76. The summed E-state index contributed by atoms with van der Waals surface area (Å²) in [7, 11) is 0. The van der Waals surface area contributed by atoms with Gasteiger partial charge in [-0.2, -0.15) is 13.2 Å². The molecule has 1 aliphatic heterocycles. The number of amides is 1. The van der Waals surface area contributed by atoms with Gasteiger partial charge in [0, 0.05) is 41.3 Å². The van der Waals surface area contributed by atoms with Crippen LogP contribution in [-0.4, -0.2) is 43.0 Å². The van der Waals surface area contributed by atoms with Gasteiger partial charge in [-0.1, -0.05) is 13.8 Å². The van der Waals surface area contributed by atoms with Crippen molar-refractivity contribution in [2.45, 2.75) is 65.7 Å². The van der Waals surface area contributed by atoms with E-state index >= 15 is 0 Å². The number of carbonyl (C=O) groups is 2. The molecule has 2 aliphatic rings. The van der Waals surface area contributed by atoms with E-state index in [2.05, 4.69) is 9.97 Å². The van der Waals surface area contributed by atoms with Crippen LogP contribution >= 0.6 is 11.3 Å². The molecule has 1 aliphatic carbocycles. The molecule has 4 heterocycles. The van der Waals surface area contributed by atoms with Crippen LogP contribution in [0.5, 0.6) is 0 Å². The van der Waals surface area contributed by atoms with Crippen LogP contribution in [0.2, 0.25) is 0 Å². The molecule has 0 unspecified atom stereocenters. The molecule has 198 valence electrons. The van der Waals surface area contributed by atoms with Crippen molar-refractivity contribution < 1.29 is 27.9 Å². The third kappa shape index (κ3) is 4.20. The van der Waals surface area contributed by atoms with Crippen molar-refractivity contribution in [2.24, 2.45) is 16.7 Å². The summed E-state index contributed by atoms with van der Waals surface area (Å²) in [5, 5.41) is 9.87. The smallest absolute Gasteiger partial charge is 0.443 e. The van der Waals surface area contributed by atoms with E-state index in [1.165, 1.54) is 6.20 Å². The number of thiazole rings is 1. The second-order valence-electron chi connectivity index (χ2n) is 10.9. The Balaban J connectivity index is 1.41. The topological polar surface area (TPSA) is 88.3 Å². The third-order valence-electron chi connectivity index (χ3n) is 8.81. The monoisotopic (exact) mass is 534 g/mol. The molecule has 1 N–H and O–H groups in total. The minimum Gasteiger partial charge on any atom is -0.481 e. The van der Waals surface area contributed by atoms with E-state index in [0.717, 1.165) is 16.6 Å². The molecule has 5 rings (SSSR count). The molecule has 3 aromatic heterocycles. The van der Waals surface area contributed by atoms with Crippen LogP contribution < -0.4 is 0 Å². The minimum absolute atomic E-state index is 0.0275. The molecule has 0 spiro atoms. The predicted molar refractivity (Wildman–Crippen MR) is 132 cm³/mol. The molecule has 0 aromatic carbocycles. The first-order valence-corrected chi connectivity index (χ1v) is 13.1. The lowest BCUT2D eigenvalue weighted by atomic mass is 9.65. The van der Waals surface area contributed by atoms with Crippen molar-refractivity contribution >= 4 is 34.2 Å². The number of pyridine rings is 1. The summed E-state index contributed by atoms with van der Waals surface area (Å²) < 4.78 is 41.2. The zero-order chi connectivity index (χ0) is 26.8. The van der Waals surface area contributed by atoms with Crippen LogP contribution in [0.15, 0.2) is 24.5 Å². The molecule has 37 heavy (non-hydrogen) atoms. The maximum absolute atomic E-state index is 13.5. The fraction of sp³-hybridized carbons (Fsp3) is 0.538. The summed E-state index contributed by atoms with van der Waals surface area (Å²) in [4.78, 5) is 35.7. The highest BCUT2D eigenvalue weighted by molar-refractivity contribution is 7.11. The molecule has 0 radical (unpaired) electrons. The number of hydrogen-bond acceptors (Lipinski definition) is 5. The maximum atomic E-state index is 13.5. The van der Waals surface area contributed by atoms with Gasteiger partial charge in [-0.15, -0.1) is 11.3 Å². The normalized spacial score (nSPS) is 23.4. The molecule has 3 aromatic rings. The lowest BCUT2D eigenvalue weighted by molar-refractivity contribution is -0.155. The second kappa shape index (κ2) is 8.82. The average molecular weight is 535 g/mol. The van der Waals surface area contributed by atoms with Gasteiger partial charge in [-0.3, -0.25) is 9.59 Å². The van der Waals surface area contributed by atoms with Gasteiger partial charge in [0.25, 0.3) is 0 Å². The molecule has 1 saturated carbocycles. The Hall–Kier alpha value is -2.95. The quantitative estimate of drug-likeness (QED) is 0.476. The van der Waals surface area contributed by atoms with Crippen LogP contribution in [0.4, 0.5) is 13.2 Å². The average Bonchev–Trinajstić information content (AvgIpc) is 3.50. The van der Waals surface area contributed by atoms with Gasteiger partial charge in [0.15, 0.2) is 5.01 Å². The standard InChI is InChI=1S/C26H29F3N4O3S/c1-24(2)15(6-8-25(24,3)23(35)36)11-20(34)32-10-7-17-18-5-4-9-30-21(18)33(19(17)14-32)13-16-12-31-22(37-16)26(27,28)29/h4-5,9,12,15H,6-8,10-11,13-14H2,1-3H3,(H,35,36)/t15-,25+/m0/s1. The Bertz CT molecular complexity index is 1380. The van der Waals surface area contributed by atoms with Gasteiger partial charge in [0.05, 0.1) is 18.5 Å². The zero-order valence-electron chi connectivity index (χ0n) is 20.9. The number of halogens is 3. The van der Waals surface area contributed by atoms with Crippen molar-refractivity contribution in [3.8, 4) is 0 Å². The maximum Gasteiger partial charge on any atom is 0.443 e. The predicted octanol–water partition coefficient (Wildman–Crippen LogP) is 5.36. The number of aliphatic carboxylic acids is 1. The minimum atomic E-state index is -4.49. The van der Waals surface area contributed by atoms with Crippen molar-refractivity contribution in [2.75, 3.05) is 6.54 Å². The fourth-order valence-electron chi connectivity index (χ4n) is 5.99. The Morgan fingerprint density at radius 2 is 2.00 bits per heavy atom. The van der Waals surface area contributed by atoms with E-state index in [1.807, 2.05) is 30.5 Å². The molecule has 0 saturated heterocycles. The SMILES string of the molecule is CC1(C)[C@H](CC(=O)N2CCc3c(n(Cc4cnc(C(F)(F)F)s4)c4ncccc34)C2)CC[C@]1(C)C(=O)O. The van der Waals surface area contributed by atoms with Gasteiger partial charge in [0.2, 0.25) is 5.91 Å². The number of carbonyl (C=O) groups excluding carboxylic acids is 1. The van der Waals surface area contributed by atoms with Gasteiger partial charge >= 0.3 is 12.1 Å². The number of aromatic nitrogens is 3. The van der Waals surface area contributed by atoms with Crippen molar-refractivity contribution in [3.05, 3.63) is 45.7 Å². The van der Waals surface area contributed by atoms with Crippen LogP contribution in [0.3, 0.4) is 0 Å². The summed E-state index contributed by atoms with van der Waals surface area (Å²) in [6.07, 6.45) is 0.517. The summed E-state index contributed by atoms with van der Waals surface area (Å²) >= 11 is 0.614. The molecule has 11 heteroatoms. The number of rotatable bonds is 5. The lowest BCUT2D eigenvalue weighted by Gasteiger charge is -2.39. The number of hydrogen-bond donors (Lipinski definition) is 1. The number of alkyl halides is 3. The number of nitrogens with zero attached hydrogens (tertiary/aromatic N) is 4. The molecule has 1 fully saturated rings. The largest absolute Gasteiger partial charge is 0.481 e. The van der Waals surface area contributed by atoms with E-state index in [9.17, 15) is 27.9 Å². The first-order valence-electron chi connectivity index (χ1n) is 12.3. The van der Waals surface area contributed by atoms with Gasteiger partial charge in [-0.25, -0.2) is 9.97 Å². The Labute approximate surface area is 216 Å². The van der Waals surface area contributed by atoms with E-state index in [4.69, 9.17) is 0 Å². The third-order valence-corrected chi connectivity index (χ3v) is 9.83. The lowest BCUT2D eigenvalue weighted by Crippen LogP contribution is -2.43. The van der Waals surface area contributed by atoms with E-state index in [-0.39, 0.29) is 24.8 Å². The molecule has 7 nitrogen and oxygen atoms in total. The van der Waals surface area contributed by atoms with Crippen LogP contribution in [0, 0.1) is 16.7 Å². The number of carboxylic acid groups (broad SMARTS) is 1.